The highest BCUT2D eigenvalue weighted by atomic mass is 35.5. The fraction of sp³-hybridized carbons (Fsp3) is 0.375. The molecule has 1 heterocycles. The van der Waals surface area contributed by atoms with Crippen molar-refractivity contribution >= 4 is 29.7 Å². The maximum Gasteiger partial charge on any atom is 0.328 e. The van der Waals surface area contributed by atoms with E-state index in [1.54, 1.807) is 0 Å². The van der Waals surface area contributed by atoms with Gasteiger partial charge in [-0.15, -0.1) is 23.7 Å². The summed E-state index contributed by atoms with van der Waals surface area (Å²) in [6.45, 7) is 1.93. The molecule has 5 heteroatoms. The van der Waals surface area contributed by atoms with Crippen LogP contribution in [0.2, 0.25) is 0 Å². The average Bonchev–Trinajstić information content (AvgIpc) is 2.48. The van der Waals surface area contributed by atoms with Crippen molar-refractivity contribution in [2.45, 2.75) is 13.0 Å². The number of carbonyl (C=O) groups is 1. The van der Waals surface area contributed by atoms with Crippen LogP contribution in [0.5, 0.6) is 0 Å². The van der Waals surface area contributed by atoms with Gasteiger partial charge in [-0.3, -0.25) is 0 Å². The maximum atomic E-state index is 11.0. The average molecular weight is 222 g/mol. The number of methoxy groups -OCH3 is 1. The van der Waals surface area contributed by atoms with E-state index >= 15 is 0 Å². The van der Waals surface area contributed by atoms with Gasteiger partial charge in [0.2, 0.25) is 0 Å². The molecule has 1 aromatic rings. The molecule has 0 aliphatic rings. The van der Waals surface area contributed by atoms with E-state index in [1.165, 1.54) is 18.4 Å². The molecule has 0 aromatic carbocycles. The molecular formula is C8H12ClNO2S. The SMILES string of the molecule is COC(=O)[C@H](N)c1sccc1C.Cl. The normalized spacial score (nSPS) is 11.6. The highest BCUT2D eigenvalue weighted by molar-refractivity contribution is 7.10. The van der Waals surface area contributed by atoms with Crippen LogP contribution in [0.4, 0.5) is 0 Å². The number of carbonyl (C=O) groups excluding carboxylic acids is 1. The van der Waals surface area contributed by atoms with Gasteiger partial charge in [0.25, 0.3) is 0 Å². The molecule has 1 aromatic heterocycles. The molecule has 3 nitrogen and oxygen atoms in total. The number of halogens is 1. The first kappa shape index (κ1) is 12.4. The quantitative estimate of drug-likeness (QED) is 0.773. The topological polar surface area (TPSA) is 52.3 Å². The molecule has 1 atom stereocenters. The van der Waals surface area contributed by atoms with Crippen molar-refractivity contribution in [1.29, 1.82) is 0 Å². The zero-order valence-corrected chi connectivity index (χ0v) is 9.08. The Morgan fingerprint density at radius 1 is 1.69 bits per heavy atom. The number of thiophene rings is 1. The summed E-state index contributed by atoms with van der Waals surface area (Å²) in [5.41, 5.74) is 6.67. The molecule has 0 fully saturated rings. The second kappa shape index (κ2) is 5.21. The molecule has 13 heavy (non-hydrogen) atoms. The van der Waals surface area contributed by atoms with Crippen LogP contribution >= 0.6 is 23.7 Å². The van der Waals surface area contributed by atoms with Crippen LogP contribution in [-0.4, -0.2) is 13.1 Å². The third kappa shape index (κ3) is 2.69. The molecule has 0 radical (unpaired) electrons. The largest absolute Gasteiger partial charge is 0.468 e. The Morgan fingerprint density at radius 2 is 2.31 bits per heavy atom. The van der Waals surface area contributed by atoms with E-state index in [0.29, 0.717) is 0 Å². The van der Waals surface area contributed by atoms with Crippen LogP contribution in [-0.2, 0) is 9.53 Å². The zero-order valence-electron chi connectivity index (χ0n) is 7.44. The summed E-state index contributed by atoms with van der Waals surface area (Å²) in [6, 6.07) is 1.30. The third-order valence-electron chi connectivity index (χ3n) is 1.64. The maximum absolute atomic E-state index is 11.0. The van der Waals surface area contributed by atoms with E-state index < -0.39 is 6.04 Å². The smallest absolute Gasteiger partial charge is 0.328 e. The minimum atomic E-state index is -0.630. The molecular weight excluding hydrogens is 210 g/mol. The van der Waals surface area contributed by atoms with Gasteiger partial charge in [-0.25, -0.2) is 4.79 Å². The lowest BCUT2D eigenvalue weighted by molar-refractivity contribution is -0.142. The molecule has 74 valence electrons. The molecule has 0 saturated carbocycles. The lowest BCUT2D eigenvalue weighted by atomic mass is 10.2. The standard InChI is InChI=1S/C8H11NO2S.ClH/c1-5-3-4-12-7(5)6(9)8(10)11-2;/h3-4,6H,9H2,1-2H3;1H/t6-;/m1./s1. The number of rotatable bonds is 2. The molecule has 0 spiro atoms. The molecule has 0 aliphatic carbocycles. The van der Waals surface area contributed by atoms with Crippen molar-refractivity contribution in [3.63, 3.8) is 0 Å². The third-order valence-corrected chi connectivity index (χ3v) is 2.74. The van der Waals surface area contributed by atoms with Gasteiger partial charge in [0.05, 0.1) is 7.11 Å². The van der Waals surface area contributed by atoms with Gasteiger partial charge in [0.15, 0.2) is 0 Å². The van der Waals surface area contributed by atoms with Crippen molar-refractivity contribution in [2.24, 2.45) is 5.73 Å². The van der Waals surface area contributed by atoms with E-state index in [2.05, 4.69) is 4.74 Å². The minimum absolute atomic E-state index is 0. The number of nitrogens with two attached hydrogens (primary N) is 1. The van der Waals surface area contributed by atoms with Gasteiger partial charge in [-0.2, -0.15) is 0 Å². The van der Waals surface area contributed by atoms with Crippen LogP contribution in [0.25, 0.3) is 0 Å². The van der Waals surface area contributed by atoms with E-state index in [9.17, 15) is 4.79 Å². The molecule has 0 amide bonds. The lowest BCUT2D eigenvalue weighted by Crippen LogP contribution is -2.22. The highest BCUT2D eigenvalue weighted by Crippen LogP contribution is 2.22. The van der Waals surface area contributed by atoms with E-state index in [4.69, 9.17) is 5.73 Å². The second-order valence-electron chi connectivity index (χ2n) is 2.47. The van der Waals surface area contributed by atoms with Gasteiger partial charge >= 0.3 is 5.97 Å². The van der Waals surface area contributed by atoms with Crippen molar-refractivity contribution in [3.8, 4) is 0 Å². The molecule has 1 rings (SSSR count). The van der Waals surface area contributed by atoms with Crippen molar-refractivity contribution in [2.75, 3.05) is 7.11 Å². The number of hydrogen-bond donors (Lipinski definition) is 1. The fourth-order valence-corrected chi connectivity index (χ4v) is 1.85. The van der Waals surface area contributed by atoms with E-state index in [-0.39, 0.29) is 18.4 Å². The van der Waals surface area contributed by atoms with Crippen LogP contribution < -0.4 is 5.73 Å². The van der Waals surface area contributed by atoms with Crippen molar-refractivity contribution < 1.29 is 9.53 Å². The number of ether oxygens (including phenoxy) is 1. The first-order valence-electron chi connectivity index (χ1n) is 3.54. The second-order valence-corrected chi connectivity index (χ2v) is 3.42. The van der Waals surface area contributed by atoms with Crippen LogP contribution in [0.1, 0.15) is 16.5 Å². The van der Waals surface area contributed by atoms with Crippen molar-refractivity contribution in [3.05, 3.63) is 21.9 Å². The van der Waals surface area contributed by atoms with Gasteiger partial charge in [0.1, 0.15) is 6.04 Å². The molecule has 2 N–H and O–H groups in total. The lowest BCUT2D eigenvalue weighted by Gasteiger charge is -2.07. The Morgan fingerprint density at radius 3 is 2.69 bits per heavy atom. The van der Waals surface area contributed by atoms with Crippen LogP contribution in [0.15, 0.2) is 11.4 Å². The fourth-order valence-electron chi connectivity index (χ4n) is 0.937. The van der Waals surface area contributed by atoms with Crippen LogP contribution in [0.3, 0.4) is 0 Å². The predicted octanol–water partition coefficient (Wildman–Crippen LogP) is 1.65. The molecule has 0 bridgehead atoms. The summed E-state index contributed by atoms with van der Waals surface area (Å²) >= 11 is 1.48. The minimum Gasteiger partial charge on any atom is -0.468 e. The predicted molar refractivity (Wildman–Crippen MR) is 55.2 cm³/mol. The van der Waals surface area contributed by atoms with Crippen molar-refractivity contribution in [1.82, 2.24) is 0 Å². The zero-order chi connectivity index (χ0) is 9.14. The molecule has 0 aliphatic heterocycles. The van der Waals surface area contributed by atoms with Gasteiger partial charge in [-0.1, -0.05) is 0 Å². The van der Waals surface area contributed by atoms with E-state index in [1.807, 2.05) is 18.4 Å². The van der Waals surface area contributed by atoms with Gasteiger partial charge in [-0.05, 0) is 23.9 Å². The van der Waals surface area contributed by atoms with Crippen LogP contribution in [0, 0.1) is 6.92 Å². The Balaban J connectivity index is 0.00000144. The number of hydrogen-bond acceptors (Lipinski definition) is 4. The van der Waals surface area contributed by atoms with E-state index in [0.717, 1.165) is 10.4 Å². The Bertz CT molecular complexity index is 287. The Kier molecular flexibility index (Phi) is 4.98. The first-order valence-corrected chi connectivity index (χ1v) is 4.42. The monoisotopic (exact) mass is 221 g/mol. The molecule has 0 unspecified atom stereocenters. The van der Waals surface area contributed by atoms with Gasteiger partial charge < -0.3 is 10.5 Å². The summed E-state index contributed by atoms with van der Waals surface area (Å²) in [5.74, 6) is -0.388. The Hall–Kier alpha value is -0.580. The van der Waals surface area contributed by atoms with Gasteiger partial charge in [0, 0.05) is 4.88 Å². The molecule has 0 saturated heterocycles. The first-order chi connectivity index (χ1) is 5.66. The summed E-state index contributed by atoms with van der Waals surface area (Å²) in [7, 11) is 1.34. The summed E-state index contributed by atoms with van der Waals surface area (Å²) < 4.78 is 4.53. The number of esters is 1. The highest BCUT2D eigenvalue weighted by Gasteiger charge is 2.18. The number of aryl methyl sites for hydroxylation is 1. The summed E-state index contributed by atoms with van der Waals surface area (Å²) in [6.07, 6.45) is 0. The Labute approximate surface area is 87.3 Å². The summed E-state index contributed by atoms with van der Waals surface area (Å²) in [5, 5.41) is 1.91. The summed E-state index contributed by atoms with van der Waals surface area (Å²) in [4.78, 5) is 11.9.